The number of hydrogen-bond acceptors (Lipinski definition) is 7. The molecule has 1 saturated heterocycles. The molecule has 0 radical (unpaired) electrons. The van der Waals surface area contributed by atoms with E-state index in [-0.39, 0.29) is 12.0 Å². The van der Waals surface area contributed by atoms with Gasteiger partial charge in [-0.15, -0.1) is 0 Å². The number of carbonyl (C=O) groups is 1. The summed E-state index contributed by atoms with van der Waals surface area (Å²) in [5.74, 6) is 0.592. The van der Waals surface area contributed by atoms with Crippen LogP contribution in [0.15, 0.2) is 30.6 Å². The SMILES string of the molecule is Cc1ccccc1C(=O)NNc1ncnc(NCC2CCCO2)c1N. The van der Waals surface area contributed by atoms with Gasteiger partial charge >= 0.3 is 0 Å². The number of hydrogen-bond donors (Lipinski definition) is 4. The van der Waals surface area contributed by atoms with Gasteiger partial charge in [0.1, 0.15) is 12.0 Å². The number of nitrogen functional groups attached to an aromatic ring is 1. The van der Waals surface area contributed by atoms with Crippen molar-refractivity contribution in [2.75, 3.05) is 29.6 Å². The van der Waals surface area contributed by atoms with Crippen molar-refractivity contribution in [3.05, 3.63) is 41.7 Å². The molecule has 1 atom stereocenters. The van der Waals surface area contributed by atoms with Crippen LogP contribution in [0.25, 0.3) is 0 Å². The number of nitrogens with zero attached hydrogens (tertiary/aromatic N) is 2. The molecule has 8 heteroatoms. The van der Waals surface area contributed by atoms with Crippen LogP contribution in [0.2, 0.25) is 0 Å². The monoisotopic (exact) mass is 342 g/mol. The Labute approximate surface area is 146 Å². The van der Waals surface area contributed by atoms with Crippen molar-refractivity contribution in [3.8, 4) is 0 Å². The first-order valence-electron chi connectivity index (χ1n) is 8.23. The number of anilines is 3. The van der Waals surface area contributed by atoms with Crippen LogP contribution in [-0.2, 0) is 4.74 Å². The first-order chi connectivity index (χ1) is 12.1. The highest BCUT2D eigenvalue weighted by Crippen LogP contribution is 2.22. The first-order valence-corrected chi connectivity index (χ1v) is 8.23. The molecule has 1 aliphatic rings. The molecule has 2 heterocycles. The fraction of sp³-hybridized carbons (Fsp3) is 0.353. The number of carbonyl (C=O) groups excluding carboxylic acids is 1. The second-order valence-corrected chi connectivity index (χ2v) is 5.89. The van der Waals surface area contributed by atoms with Crippen molar-refractivity contribution >= 4 is 23.2 Å². The first kappa shape index (κ1) is 17.0. The summed E-state index contributed by atoms with van der Waals surface area (Å²) >= 11 is 0. The smallest absolute Gasteiger partial charge is 0.269 e. The summed E-state index contributed by atoms with van der Waals surface area (Å²) in [5, 5.41) is 3.17. The van der Waals surface area contributed by atoms with E-state index in [9.17, 15) is 4.79 Å². The van der Waals surface area contributed by atoms with E-state index in [1.165, 1.54) is 6.33 Å². The second kappa shape index (κ2) is 7.80. The Kier molecular flexibility index (Phi) is 5.30. The number of rotatable bonds is 6. The lowest BCUT2D eigenvalue weighted by molar-refractivity contribution is 0.0962. The zero-order valence-electron chi connectivity index (χ0n) is 14.1. The maximum atomic E-state index is 12.2. The number of hydrazine groups is 1. The topological polar surface area (TPSA) is 114 Å². The molecule has 2 aromatic rings. The molecular weight excluding hydrogens is 320 g/mol. The number of amides is 1. The number of benzene rings is 1. The predicted octanol–water partition coefficient (Wildman–Crippen LogP) is 1.72. The molecule has 1 unspecified atom stereocenters. The zero-order valence-corrected chi connectivity index (χ0v) is 14.1. The number of ether oxygens (including phenoxy) is 1. The third-order valence-electron chi connectivity index (χ3n) is 4.09. The van der Waals surface area contributed by atoms with Crippen LogP contribution in [0.5, 0.6) is 0 Å². The molecule has 1 aliphatic heterocycles. The van der Waals surface area contributed by atoms with Crippen LogP contribution in [0, 0.1) is 6.92 Å². The highest BCUT2D eigenvalue weighted by atomic mass is 16.5. The average Bonchev–Trinajstić information content (AvgIpc) is 3.13. The van der Waals surface area contributed by atoms with E-state index in [2.05, 4.69) is 26.1 Å². The van der Waals surface area contributed by atoms with E-state index in [0.29, 0.717) is 29.4 Å². The van der Waals surface area contributed by atoms with E-state index >= 15 is 0 Å². The number of nitrogens with two attached hydrogens (primary N) is 1. The van der Waals surface area contributed by atoms with Gasteiger partial charge in [0.05, 0.1) is 6.10 Å². The fourth-order valence-corrected chi connectivity index (χ4v) is 2.66. The minimum atomic E-state index is -0.259. The molecule has 1 fully saturated rings. The van der Waals surface area contributed by atoms with Gasteiger partial charge < -0.3 is 15.8 Å². The molecule has 3 rings (SSSR count). The molecule has 0 bridgehead atoms. The van der Waals surface area contributed by atoms with Crippen molar-refractivity contribution in [2.24, 2.45) is 0 Å². The molecule has 1 aromatic carbocycles. The fourth-order valence-electron chi connectivity index (χ4n) is 2.66. The summed E-state index contributed by atoms with van der Waals surface area (Å²) < 4.78 is 5.56. The molecule has 25 heavy (non-hydrogen) atoms. The van der Waals surface area contributed by atoms with E-state index < -0.39 is 0 Å². The molecule has 5 N–H and O–H groups in total. The number of nitrogens with one attached hydrogen (secondary N) is 3. The van der Waals surface area contributed by atoms with Crippen molar-refractivity contribution < 1.29 is 9.53 Å². The summed E-state index contributed by atoms with van der Waals surface area (Å²) in [5.41, 5.74) is 13.3. The number of aryl methyl sites for hydroxylation is 1. The van der Waals surface area contributed by atoms with Gasteiger partial charge in [-0.25, -0.2) is 9.97 Å². The Bertz CT molecular complexity index is 746. The molecule has 0 saturated carbocycles. The lowest BCUT2D eigenvalue weighted by Crippen LogP contribution is -2.31. The van der Waals surface area contributed by atoms with Gasteiger partial charge in [-0.2, -0.15) is 0 Å². The van der Waals surface area contributed by atoms with Gasteiger partial charge in [-0.1, -0.05) is 18.2 Å². The third kappa shape index (κ3) is 4.16. The van der Waals surface area contributed by atoms with Crippen LogP contribution in [0.3, 0.4) is 0 Å². The highest BCUT2D eigenvalue weighted by Gasteiger charge is 2.17. The molecule has 0 aliphatic carbocycles. The molecule has 0 spiro atoms. The van der Waals surface area contributed by atoms with Crippen LogP contribution >= 0.6 is 0 Å². The van der Waals surface area contributed by atoms with Crippen LogP contribution < -0.4 is 21.9 Å². The van der Waals surface area contributed by atoms with Gasteiger partial charge in [0, 0.05) is 18.7 Å². The van der Waals surface area contributed by atoms with Gasteiger partial charge in [0.2, 0.25) is 0 Å². The van der Waals surface area contributed by atoms with Crippen LogP contribution in [-0.4, -0.2) is 35.1 Å². The van der Waals surface area contributed by atoms with Crippen molar-refractivity contribution in [1.29, 1.82) is 0 Å². The maximum Gasteiger partial charge on any atom is 0.269 e. The van der Waals surface area contributed by atoms with E-state index in [0.717, 1.165) is 25.0 Å². The quantitative estimate of drug-likeness (QED) is 0.591. The molecule has 8 nitrogen and oxygen atoms in total. The van der Waals surface area contributed by atoms with Crippen molar-refractivity contribution in [1.82, 2.24) is 15.4 Å². The van der Waals surface area contributed by atoms with E-state index in [4.69, 9.17) is 10.5 Å². The summed E-state index contributed by atoms with van der Waals surface area (Å²) in [4.78, 5) is 20.5. The molecule has 1 amide bonds. The molecule has 1 aromatic heterocycles. The lowest BCUT2D eigenvalue weighted by atomic mass is 10.1. The molecule has 132 valence electrons. The lowest BCUT2D eigenvalue weighted by Gasteiger charge is -2.15. The number of aromatic nitrogens is 2. The summed E-state index contributed by atoms with van der Waals surface area (Å²) in [6.07, 6.45) is 3.65. The zero-order chi connectivity index (χ0) is 17.6. The van der Waals surface area contributed by atoms with E-state index in [1.807, 2.05) is 25.1 Å². The van der Waals surface area contributed by atoms with Crippen LogP contribution in [0.1, 0.15) is 28.8 Å². The minimum Gasteiger partial charge on any atom is -0.393 e. The average molecular weight is 342 g/mol. The second-order valence-electron chi connectivity index (χ2n) is 5.89. The summed E-state index contributed by atoms with van der Waals surface area (Å²) in [7, 11) is 0. The van der Waals surface area contributed by atoms with Gasteiger partial charge in [0.15, 0.2) is 11.6 Å². The maximum absolute atomic E-state index is 12.2. The Balaban J connectivity index is 1.61. The normalized spacial score (nSPS) is 16.4. The Hall–Kier alpha value is -2.87. The van der Waals surface area contributed by atoms with Crippen LogP contribution in [0.4, 0.5) is 17.3 Å². The van der Waals surface area contributed by atoms with Gasteiger partial charge in [0.25, 0.3) is 5.91 Å². The minimum absolute atomic E-state index is 0.173. The Morgan fingerprint density at radius 2 is 2.12 bits per heavy atom. The summed E-state index contributed by atoms with van der Waals surface area (Å²) in [6.45, 7) is 3.31. The van der Waals surface area contributed by atoms with Crippen molar-refractivity contribution in [2.45, 2.75) is 25.9 Å². The van der Waals surface area contributed by atoms with E-state index in [1.54, 1.807) is 6.07 Å². The Morgan fingerprint density at radius 3 is 2.88 bits per heavy atom. The third-order valence-corrected chi connectivity index (χ3v) is 4.09. The van der Waals surface area contributed by atoms with Gasteiger partial charge in [-0.3, -0.25) is 15.6 Å². The van der Waals surface area contributed by atoms with Crippen molar-refractivity contribution in [3.63, 3.8) is 0 Å². The largest absolute Gasteiger partial charge is 0.393 e. The van der Waals surface area contributed by atoms with Gasteiger partial charge in [-0.05, 0) is 31.4 Å². The molecular formula is C17H22N6O2. The standard InChI is InChI=1S/C17H22N6O2/c1-11-5-2-3-7-13(11)17(24)23-22-16-14(18)15(20-10-21-16)19-9-12-6-4-8-25-12/h2-3,5,7,10,12H,4,6,8-9,18H2,1H3,(H,23,24)(H2,19,20,21,22). The predicted molar refractivity (Wildman–Crippen MR) is 96.2 cm³/mol. The Morgan fingerprint density at radius 1 is 1.32 bits per heavy atom. The summed E-state index contributed by atoms with van der Waals surface area (Å²) in [6, 6.07) is 7.33. The highest BCUT2D eigenvalue weighted by molar-refractivity contribution is 5.96.